The van der Waals surface area contributed by atoms with Crippen molar-refractivity contribution in [3.05, 3.63) is 17.0 Å². The van der Waals surface area contributed by atoms with Crippen molar-refractivity contribution in [1.29, 1.82) is 0 Å². The Kier molecular flexibility index (Phi) is 3.60. The highest BCUT2D eigenvalue weighted by molar-refractivity contribution is 7.99. The van der Waals surface area contributed by atoms with Gasteiger partial charge in [0.05, 0.1) is 18.0 Å². The van der Waals surface area contributed by atoms with E-state index in [-0.39, 0.29) is 12.3 Å². The van der Waals surface area contributed by atoms with Gasteiger partial charge in [-0.25, -0.2) is 4.79 Å². The summed E-state index contributed by atoms with van der Waals surface area (Å²) in [5.41, 5.74) is 1.43. The van der Waals surface area contributed by atoms with E-state index in [9.17, 15) is 9.59 Å². The summed E-state index contributed by atoms with van der Waals surface area (Å²) in [6.45, 7) is 3.52. The molecule has 7 heteroatoms. The first kappa shape index (κ1) is 12.9. The predicted octanol–water partition coefficient (Wildman–Crippen LogP) is 0.820. The minimum Gasteiger partial charge on any atom is -0.480 e. The maximum Gasteiger partial charge on any atom is 0.327 e. The Bertz CT molecular complexity index is 466. The van der Waals surface area contributed by atoms with Gasteiger partial charge in [0.25, 0.3) is 0 Å². The van der Waals surface area contributed by atoms with Gasteiger partial charge in [0, 0.05) is 11.3 Å². The van der Waals surface area contributed by atoms with Gasteiger partial charge in [-0.3, -0.25) is 4.79 Å². The van der Waals surface area contributed by atoms with Crippen molar-refractivity contribution >= 4 is 23.6 Å². The Morgan fingerprint density at radius 2 is 2.28 bits per heavy atom. The van der Waals surface area contributed by atoms with Crippen LogP contribution in [-0.4, -0.2) is 44.7 Å². The lowest BCUT2D eigenvalue weighted by Gasteiger charge is -2.20. The molecule has 1 aromatic heterocycles. The molecule has 1 aliphatic rings. The summed E-state index contributed by atoms with van der Waals surface area (Å²) in [4.78, 5) is 24.5. The van der Waals surface area contributed by atoms with E-state index < -0.39 is 12.0 Å². The molecule has 1 saturated heterocycles. The lowest BCUT2D eigenvalue weighted by atomic mass is 10.1. The number of aromatic nitrogens is 1. The van der Waals surface area contributed by atoms with Crippen LogP contribution in [0.5, 0.6) is 0 Å². The number of aryl methyl sites for hydroxylation is 2. The Balaban J connectivity index is 2.11. The Hall–Kier alpha value is -1.50. The van der Waals surface area contributed by atoms with Gasteiger partial charge in [-0.15, -0.1) is 11.8 Å². The molecule has 1 amide bonds. The number of carbonyl (C=O) groups is 2. The molecule has 0 aromatic carbocycles. The number of hydrogen-bond donors (Lipinski definition) is 1. The van der Waals surface area contributed by atoms with Gasteiger partial charge < -0.3 is 14.5 Å². The molecule has 0 unspecified atom stereocenters. The van der Waals surface area contributed by atoms with Crippen LogP contribution in [0.15, 0.2) is 4.52 Å². The summed E-state index contributed by atoms with van der Waals surface area (Å²) in [7, 11) is 0. The molecule has 1 aliphatic heterocycles. The zero-order valence-corrected chi connectivity index (χ0v) is 11.0. The number of carboxylic acid groups (broad SMARTS) is 1. The molecule has 1 N–H and O–H groups in total. The molecule has 0 radical (unpaired) electrons. The molecule has 98 valence electrons. The van der Waals surface area contributed by atoms with Gasteiger partial charge in [-0.1, -0.05) is 5.16 Å². The average molecular weight is 270 g/mol. The minimum atomic E-state index is -0.952. The van der Waals surface area contributed by atoms with Crippen LogP contribution in [0.25, 0.3) is 0 Å². The second-order valence-corrected chi connectivity index (χ2v) is 5.20. The van der Waals surface area contributed by atoms with Gasteiger partial charge in [-0.05, 0) is 13.8 Å². The second-order valence-electron chi connectivity index (χ2n) is 4.20. The summed E-state index contributed by atoms with van der Waals surface area (Å²) in [5.74, 6) is 0.343. The van der Waals surface area contributed by atoms with Crippen LogP contribution in [0, 0.1) is 13.8 Å². The molecule has 0 saturated carbocycles. The molecular formula is C11H14N2O4S. The highest BCUT2D eigenvalue weighted by Gasteiger charge is 2.34. The minimum absolute atomic E-state index is 0.144. The monoisotopic (exact) mass is 270 g/mol. The summed E-state index contributed by atoms with van der Waals surface area (Å²) >= 11 is 1.45. The third-order valence-electron chi connectivity index (χ3n) is 3.00. The molecule has 18 heavy (non-hydrogen) atoms. The summed E-state index contributed by atoms with van der Waals surface area (Å²) in [6.07, 6.45) is 0.144. The zero-order valence-electron chi connectivity index (χ0n) is 10.2. The lowest BCUT2D eigenvalue weighted by molar-refractivity contribution is -0.147. The van der Waals surface area contributed by atoms with Crippen LogP contribution in [0.4, 0.5) is 0 Å². The fraction of sp³-hybridized carbons (Fsp3) is 0.545. The maximum absolute atomic E-state index is 12.1. The van der Waals surface area contributed by atoms with Crippen LogP contribution < -0.4 is 0 Å². The third kappa shape index (κ3) is 2.35. The van der Waals surface area contributed by atoms with Crippen molar-refractivity contribution in [2.75, 3.05) is 11.6 Å². The fourth-order valence-electron chi connectivity index (χ4n) is 1.90. The van der Waals surface area contributed by atoms with Gasteiger partial charge in [-0.2, -0.15) is 0 Å². The highest BCUT2D eigenvalue weighted by Crippen LogP contribution is 2.23. The number of rotatable bonds is 3. The number of aliphatic carboxylic acids is 1. The maximum atomic E-state index is 12.1. The van der Waals surface area contributed by atoms with E-state index in [1.807, 2.05) is 0 Å². The Morgan fingerprint density at radius 1 is 1.56 bits per heavy atom. The molecule has 1 atom stereocenters. The zero-order chi connectivity index (χ0) is 13.3. The molecule has 1 fully saturated rings. The first-order valence-corrected chi connectivity index (χ1v) is 6.68. The van der Waals surface area contributed by atoms with Gasteiger partial charge >= 0.3 is 5.97 Å². The Morgan fingerprint density at radius 3 is 2.83 bits per heavy atom. The Labute approximate surface area is 108 Å². The quantitative estimate of drug-likeness (QED) is 0.875. The van der Waals surface area contributed by atoms with Crippen molar-refractivity contribution in [2.45, 2.75) is 26.3 Å². The van der Waals surface area contributed by atoms with Gasteiger partial charge in [0.2, 0.25) is 5.91 Å². The fourth-order valence-corrected chi connectivity index (χ4v) is 3.07. The van der Waals surface area contributed by atoms with Crippen molar-refractivity contribution in [3.8, 4) is 0 Å². The molecule has 6 nitrogen and oxygen atoms in total. The first-order chi connectivity index (χ1) is 8.50. The molecule has 0 bridgehead atoms. The molecular weight excluding hydrogens is 256 g/mol. The molecule has 1 aromatic rings. The third-order valence-corrected chi connectivity index (χ3v) is 4.01. The number of thioether (sulfide) groups is 1. The molecule has 0 spiro atoms. The topological polar surface area (TPSA) is 83.6 Å². The van der Waals surface area contributed by atoms with E-state index in [0.29, 0.717) is 23.1 Å². The van der Waals surface area contributed by atoms with Crippen LogP contribution in [0.1, 0.15) is 17.0 Å². The van der Waals surface area contributed by atoms with Crippen molar-refractivity contribution in [3.63, 3.8) is 0 Å². The summed E-state index contributed by atoms with van der Waals surface area (Å²) in [6, 6.07) is -0.719. The number of carbonyl (C=O) groups excluding carboxylic acids is 1. The van der Waals surface area contributed by atoms with Crippen molar-refractivity contribution < 1.29 is 19.2 Å². The largest absolute Gasteiger partial charge is 0.480 e. The highest BCUT2D eigenvalue weighted by atomic mass is 32.2. The van der Waals surface area contributed by atoms with E-state index in [2.05, 4.69) is 5.16 Å². The van der Waals surface area contributed by atoms with Crippen LogP contribution in [0.3, 0.4) is 0 Å². The first-order valence-electron chi connectivity index (χ1n) is 5.52. The summed E-state index contributed by atoms with van der Waals surface area (Å²) < 4.78 is 4.99. The lowest BCUT2D eigenvalue weighted by Crippen LogP contribution is -2.42. The number of hydrogen-bond acceptors (Lipinski definition) is 5. The average Bonchev–Trinajstić information content (AvgIpc) is 2.90. The van der Waals surface area contributed by atoms with Gasteiger partial charge in [0.1, 0.15) is 11.8 Å². The van der Waals surface area contributed by atoms with Crippen LogP contribution in [0.2, 0.25) is 0 Å². The van der Waals surface area contributed by atoms with Crippen molar-refractivity contribution in [2.24, 2.45) is 0 Å². The predicted molar refractivity (Wildman–Crippen MR) is 65.3 cm³/mol. The standard InChI is InChI=1S/C11H14N2O4S/c1-6-8(7(2)17-12-6)3-10(14)13-5-18-4-9(13)11(15)16/h9H,3-5H2,1-2H3,(H,15,16)/t9-/m0/s1. The van der Waals surface area contributed by atoms with Crippen molar-refractivity contribution in [1.82, 2.24) is 10.1 Å². The van der Waals surface area contributed by atoms with Gasteiger partial charge in [0.15, 0.2) is 0 Å². The number of nitrogens with zero attached hydrogens (tertiary/aromatic N) is 2. The normalized spacial score (nSPS) is 19.2. The van der Waals surface area contributed by atoms with Crippen LogP contribution in [-0.2, 0) is 16.0 Å². The van der Waals surface area contributed by atoms with E-state index in [4.69, 9.17) is 9.63 Å². The van der Waals surface area contributed by atoms with E-state index in [1.54, 1.807) is 13.8 Å². The molecule has 2 rings (SSSR count). The van der Waals surface area contributed by atoms with E-state index in [1.165, 1.54) is 16.7 Å². The summed E-state index contributed by atoms with van der Waals surface area (Å²) in [5, 5.41) is 12.8. The second kappa shape index (κ2) is 5.01. The molecule has 0 aliphatic carbocycles. The number of amides is 1. The molecule has 2 heterocycles. The van der Waals surface area contributed by atoms with Crippen LogP contribution >= 0.6 is 11.8 Å². The SMILES string of the molecule is Cc1noc(C)c1CC(=O)N1CSC[C@H]1C(=O)O. The smallest absolute Gasteiger partial charge is 0.327 e. The number of carboxylic acids is 1. The van der Waals surface area contributed by atoms with E-state index >= 15 is 0 Å². The van der Waals surface area contributed by atoms with E-state index in [0.717, 1.165) is 5.56 Å².